The molecule has 0 radical (unpaired) electrons. The maximum atomic E-state index is 13.0. The zero-order valence-corrected chi connectivity index (χ0v) is 18.4. The van der Waals surface area contributed by atoms with Crippen molar-refractivity contribution in [3.63, 3.8) is 0 Å². The van der Waals surface area contributed by atoms with E-state index < -0.39 is 5.91 Å². The Bertz CT molecular complexity index is 1200. The highest BCUT2D eigenvalue weighted by molar-refractivity contribution is 6.28. The van der Waals surface area contributed by atoms with Crippen molar-refractivity contribution in [3.8, 4) is 0 Å². The fourth-order valence-electron chi connectivity index (χ4n) is 4.00. The maximum Gasteiger partial charge on any atom is 0.289 e. The molecule has 3 aromatic rings. The molecule has 0 saturated carbocycles. The third-order valence-corrected chi connectivity index (χ3v) is 5.87. The number of furan rings is 1. The van der Waals surface area contributed by atoms with E-state index in [2.05, 4.69) is 20.3 Å². The molecule has 2 aliphatic heterocycles. The molecule has 2 aliphatic rings. The Hall–Kier alpha value is -3.28. The molecule has 1 aromatic carbocycles. The summed E-state index contributed by atoms with van der Waals surface area (Å²) in [6.07, 6.45) is -0.278. The lowest BCUT2D eigenvalue weighted by Crippen LogP contribution is -2.49. The predicted molar refractivity (Wildman–Crippen MR) is 119 cm³/mol. The van der Waals surface area contributed by atoms with Gasteiger partial charge in [-0.1, -0.05) is 12.1 Å². The van der Waals surface area contributed by atoms with Crippen LogP contribution in [0.25, 0.3) is 11.0 Å². The number of halogens is 1. The van der Waals surface area contributed by atoms with Crippen molar-refractivity contribution in [2.45, 2.75) is 6.10 Å². The Morgan fingerprint density at radius 3 is 2.70 bits per heavy atom. The third-order valence-electron chi connectivity index (χ3n) is 5.70. The fraction of sp³-hybridized carbons (Fsp3) is 0.381. The molecule has 2 aromatic heterocycles. The molecule has 4 heterocycles. The van der Waals surface area contributed by atoms with E-state index >= 15 is 0 Å². The molecule has 2 amide bonds. The minimum Gasteiger partial charge on any atom is -0.450 e. The van der Waals surface area contributed by atoms with E-state index in [9.17, 15) is 9.59 Å². The molecule has 11 nitrogen and oxygen atoms in total. The zero-order valence-electron chi connectivity index (χ0n) is 17.7. The third kappa shape index (κ3) is 4.34. The number of hydrogen-bond acceptors (Lipinski definition) is 9. The fourth-order valence-corrected chi connectivity index (χ4v) is 4.16. The van der Waals surface area contributed by atoms with E-state index in [4.69, 9.17) is 26.5 Å². The summed E-state index contributed by atoms with van der Waals surface area (Å²) in [5.74, 6) is 0.258. The van der Waals surface area contributed by atoms with Crippen molar-refractivity contribution in [1.29, 1.82) is 0 Å². The summed E-state index contributed by atoms with van der Waals surface area (Å²) in [6.45, 7) is 3.89. The summed E-state index contributed by atoms with van der Waals surface area (Å²) in [4.78, 5) is 41.3. The van der Waals surface area contributed by atoms with Crippen LogP contribution in [-0.2, 0) is 4.74 Å². The summed E-state index contributed by atoms with van der Waals surface area (Å²) in [5.41, 5.74) is 5.98. The highest BCUT2D eigenvalue weighted by Gasteiger charge is 2.28. The number of primary amides is 1. The van der Waals surface area contributed by atoms with Gasteiger partial charge in [0.25, 0.3) is 11.8 Å². The molecule has 2 saturated heterocycles. The van der Waals surface area contributed by atoms with Crippen LogP contribution in [0.15, 0.2) is 28.7 Å². The number of hydrogen-bond donors (Lipinski definition) is 2. The molecule has 3 N–H and O–H groups in total. The topological polar surface area (TPSA) is 140 Å². The first kappa shape index (κ1) is 21.6. The number of aromatic nitrogens is 3. The average Bonchev–Trinajstić information content (AvgIpc) is 3.28. The molecule has 2 fully saturated rings. The number of benzene rings is 1. The summed E-state index contributed by atoms with van der Waals surface area (Å²) in [5, 5.41) is 4.00. The number of carbonyl (C=O) groups excluding carboxylic acids is 2. The number of nitrogens with zero attached hydrogens (tertiary/aromatic N) is 5. The van der Waals surface area contributed by atoms with Crippen LogP contribution in [0.3, 0.4) is 0 Å². The van der Waals surface area contributed by atoms with Crippen LogP contribution in [-0.4, -0.2) is 77.5 Å². The van der Waals surface area contributed by atoms with Gasteiger partial charge < -0.3 is 30.0 Å². The van der Waals surface area contributed by atoms with Crippen LogP contribution in [0.1, 0.15) is 32.8 Å². The summed E-state index contributed by atoms with van der Waals surface area (Å²) in [6, 6.07) is 6.68. The lowest BCUT2D eigenvalue weighted by molar-refractivity contribution is 0.0220. The van der Waals surface area contributed by atoms with Crippen molar-refractivity contribution in [2.24, 2.45) is 5.73 Å². The number of nitrogens with two attached hydrogens (primary N) is 1. The van der Waals surface area contributed by atoms with E-state index in [1.807, 2.05) is 4.90 Å². The first-order valence-corrected chi connectivity index (χ1v) is 11.0. The number of piperazine rings is 1. The van der Waals surface area contributed by atoms with Gasteiger partial charge in [-0.25, -0.2) is 0 Å². The van der Waals surface area contributed by atoms with E-state index in [-0.39, 0.29) is 28.6 Å². The molecule has 0 spiro atoms. The van der Waals surface area contributed by atoms with Crippen LogP contribution < -0.4 is 16.0 Å². The maximum absolute atomic E-state index is 13.0. The molecule has 1 unspecified atom stereocenters. The number of rotatable bonds is 4. The second kappa shape index (κ2) is 8.93. The first-order chi connectivity index (χ1) is 16.0. The smallest absolute Gasteiger partial charge is 0.289 e. The molecule has 12 heteroatoms. The van der Waals surface area contributed by atoms with Crippen molar-refractivity contribution < 1.29 is 18.7 Å². The van der Waals surface area contributed by atoms with Crippen LogP contribution in [0, 0.1) is 0 Å². The Morgan fingerprint density at radius 2 is 1.97 bits per heavy atom. The molecule has 1 atom stereocenters. The minimum absolute atomic E-state index is 0.107. The van der Waals surface area contributed by atoms with Crippen LogP contribution in [0.2, 0.25) is 5.28 Å². The van der Waals surface area contributed by atoms with E-state index in [1.165, 1.54) is 0 Å². The van der Waals surface area contributed by atoms with Gasteiger partial charge in [0.2, 0.25) is 11.2 Å². The Kier molecular flexibility index (Phi) is 5.83. The van der Waals surface area contributed by atoms with Gasteiger partial charge in [-0.2, -0.15) is 15.0 Å². The number of fused-ring (bicyclic) bond motifs is 1. The second-order valence-electron chi connectivity index (χ2n) is 7.80. The summed E-state index contributed by atoms with van der Waals surface area (Å²) < 4.78 is 11.4. The molecule has 172 valence electrons. The number of para-hydroxylation sites is 1. The quantitative estimate of drug-likeness (QED) is 0.570. The van der Waals surface area contributed by atoms with Crippen molar-refractivity contribution in [1.82, 2.24) is 25.2 Å². The number of carbonyl (C=O) groups is 2. The van der Waals surface area contributed by atoms with Gasteiger partial charge in [-0.05, 0) is 23.7 Å². The second-order valence-corrected chi connectivity index (χ2v) is 8.14. The Morgan fingerprint density at radius 1 is 1.15 bits per heavy atom. The van der Waals surface area contributed by atoms with Gasteiger partial charge >= 0.3 is 0 Å². The van der Waals surface area contributed by atoms with Crippen LogP contribution >= 0.6 is 11.6 Å². The van der Waals surface area contributed by atoms with Crippen LogP contribution in [0.4, 0.5) is 5.95 Å². The Labute approximate surface area is 193 Å². The highest BCUT2D eigenvalue weighted by Crippen LogP contribution is 2.25. The van der Waals surface area contributed by atoms with Crippen LogP contribution in [0.5, 0.6) is 0 Å². The monoisotopic (exact) mass is 471 g/mol. The lowest BCUT2D eigenvalue weighted by atomic mass is 10.1. The number of nitrogens with one attached hydrogen (secondary N) is 1. The molecule has 33 heavy (non-hydrogen) atoms. The molecule has 0 bridgehead atoms. The summed E-state index contributed by atoms with van der Waals surface area (Å²) >= 11 is 6.15. The van der Waals surface area contributed by atoms with Gasteiger partial charge in [-0.3, -0.25) is 9.59 Å². The SMILES string of the molecule is NC(=O)c1cccc2cc(C(=O)N3CCN(c4nc(Cl)nc(C5CNCCO5)n4)CC3)oc12. The number of ether oxygens (including phenoxy) is 1. The standard InChI is InChI=1S/C21H22ClN7O4/c22-20-25-18(15-11-24-4-9-32-15)26-21(27-20)29-7-5-28(6-8-29)19(31)14-10-12-2-1-3-13(17(23)30)16(12)33-14/h1-3,10,15,24H,4-9,11H2,(H2,23,30). The van der Waals surface area contributed by atoms with Gasteiger partial charge in [-0.15, -0.1) is 0 Å². The average molecular weight is 472 g/mol. The highest BCUT2D eigenvalue weighted by atomic mass is 35.5. The summed E-state index contributed by atoms with van der Waals surface area (Å²) in [7, 11) is 0. The van der Waals surface area contributed by atoms with Gasteiger partial charge in [0.1, 0.15) is 11.7 Å². The normalized spacial score (nSPS) is 19.1. The van der Waals surface area contributed by atoms with E-state index in [0.29, 0.717) is 62.1 Å². The predicted octanol–water partition coefficient (Wildman–Crippen LogP) is 0.993. The lowest BCUT2D eigenvalue weighted by Gasteiger charge is -2.34. The van der Waals surface area contributed by atoms with Crippen molar-refractivity contribution >= 4 is 40.3 Å². The van der Waals surface area contributed by atoms with Crippen molar-refractivity contribution in [3.05, 3.63) is 46.7 Å². The largest absolute Gasteiger partial charge is 0.450 e. The zero-order chi connectivity index (χ0) is 22.9. The van der Waals surface area contributed by atoms with Crippen molar-refractivity contribution in [2.75, 3.05) is 50.8 Å². The number of amides is 2. The number of anilines is 1. The molecular formula is C21H22ClN7O4. The molecule has 5 rings (SSSR count). The van der Waals surface area contributed by atoms with E-state index in [1.54, 1.807) is 29.2 Å². The minimum atomic E-state index is -0.604. The van der Waals surface area contributed by atoms with Gasteiger partial charge in [0, 0.05) is 44.7 Å². The van der Waals surface area contributed by atoms with Gasteiger partial charge in [0.15, 0.2) is 11.6 Å². The Balaban J connectivity index is 1.29. The number of morpholine rings is 1. The molecular weight excluding hydrogens is 450 g/mol. The van der Waals surface area contributed by atoms with Gasteiger partial charge in [0.05, 0.1) is 12.2 Å². The van der Waals surface area contributed by atoms with E-state index in [0.717, 1.165) is 6.54 Å². The first-order valence-electron chi connectivity index (χ1n) is 10.6. The molecule has 0 aliphatic carbocycles.